The quantitative estimate of drug-likeness (QED) is 0.701. The van der Waals surface area contributed by atoms with Crippen LogP contribution in [0.1, 0.15) is 18.4 Å². The molecule has 0 aliphatic carbocycles. The van der Waals surface area contributed by atoms with Gasteiger partial charge in [-0.1, -0.05) is 53.5 Å². The van der Waals surface area contributed by atoms with E-state index in [0.717, 1.165) is 31.5 Å². The van der Waals surface area contributed by atoms with Gasteiger partial charge in [-0.25, -0.2) is 0 Å². The maximum absolute atomic E-state index is 6.08. The number of halogens is 2. The number of rotatable bonds is 6. The van der Waals surface area contributed by atoms with Gasteiger partial charge in [0.25, 0.3) is 0 Å². The molecule has 0 bridgehead atoms. The van der Waals surface area contributed by atoms with Crippen molar-refractivity contribution >= 4 is 28.9 Å². The number of nitrogens with one attached hydrogen (secondary N) is 1. The molecule has 1 N–H and O–H groups in total. The lowest BCUT2D eigenvalue weighted by Crippen LogP contribution is -2.02. The summed E-state index contributed by atoms with van der Waals surface area (Å²) in [6.45, 7) is 0.910. The maximum Gasteiger partial charge on any atom is 0.0638 e. The predicted octanol–water partition coefficient (Wildman–Crippen LogP) is 5.43. The van der Waals surface area contributed by atoms with Crippen LogP contribution in [-0.4, -0.2) is 6.54 Å². The third-order valence-electron chi connectivity index (χ3n) is 2.98. The van der Waals surface area contributed by atoms with E-state index in [-0.39, 0.29) is 0 Å². The Morgan fingerprint density at radius 2 is 1.68 bits per heavy atom. The number of hydrogen-bond acceptors (Lipinski definition) is 1. The molecule has 2 rings (SSSR count). The second-order valence-electron chi connectivity index (χ2n) is 4.49. The molecule has 0 unspecified atom stereocenters. The van der Waals surface area contributed by atoms with Crippen LogP contribution in [-0.2, 0) is 6.42 Å². The average Bonchev–Trinajstić information content (AvgIpc) is 2.43. The molecule has 2 aromatic rings. The molecule has 19 heavy (non-hydrogen) atoms. The summed E-state index contributed by atoms with van der Waals surface area (Å²) in [5.41, 5.74) is 2.30. The lowest BCUT2D eigenvalue weighted by atomic mass is 10.1. The van der Waals surface area contributed by atoms with E-state index >= 15 is 0 Å². The van der Waals surface area contributed by atoms with Gasteiger partial charge in [0.1, 0.15) is 0 Å². The second kappa shape index (κ2) is 7.42. The van der Waals surface area contributed by atoms with Crippen molar-refractivity contribution in [2.45, 2.75) is 19.3 Å². The Kier molecular flexibility index (Phi) is 5.56. The molecule has 0 spiro atoms. The molecule has 0 saturated carbocycles. The monoisotopic (exact) mass is 293 g/mol. The molecule has 3 heteroatoms. The predicted molar refractivity (Wildman–Crippen MR) is 84.3 cm³/mol. The zero-order chi connectivity index (χ0) is 13.5. The van der Waals surface area contributed by atoms with Crippen LogP contribution >= 0.6 is 23.2 Å². The first kappa shape index (κ1) is 14.2. The van der Waals surface area contributed by atoms with Crippen molar-refractivity contribution in [1.29, 1.82) is 0 Å². The Morgan fingerprint density at radius 3 is 2.47 bits per heavy atom. The van der Waals surface area contributed by atoms with E-state index in [1.54, 1.807) is 6.07 Å². The fourth-order valence-corrected chi connectivity index (χ4v) is 2.31. The van der Waals surface area contributed by atoms with Gasteiger partial charge in [-0.05, 0) is 43.0 Å². The third kappa shape index (κ3) is 4.77. The van der Waals surface area contributed by atoms with E-state index in [2.05, 4.69) is 29.6 Å². The first-order valence-corrected chi connectivity index (χ1v) is 7.24. The molecule has 0 radical (unpaired) electrons. The first-order chi connectivity index (χ1) is 9.25. The van der Waals surface area contributed by atoms with Gasteiger partial charge in [0, 0.05) is 11.6 Å². The van der Waals surface area contributed by atoms with Gasteiger partial charge in [0.05, 0.1) is 10.7 Å². The molecule has 0 amide bonds. The third-order valence-corrected chi connectivity index (χ3v) is 3.54. The van der Waals surface area contributed by atoms with Gasteiger partial charge in [-0.2, -0.15) is 0 Å². The van der Waals surface area contributed by atoms with Crippen molar-refractivity contribution in [3.05, 3.63) is 64.1 Å². The summed E-state index contributed by atoms with van der Waals surface area (Å²) in [4.78, 5) is 0. The summed E-state index contributed by atoms with van der Waals surface area (Å²) in [7, 11) is 0. The van der Waals surface area contributed by atoms with E-state index in [1.807, 2.05) is 18.2 Å². The van der Waals surface area contributed by atoms with Gasteiger partial charge in [-0.15, -0.1) is 0 Å². The summed E-state index contributed by atoms with van der Waals surface area (Å²) < 4.78 is 0. The van der Waals surface area contributed by atoms with E-state index in [9.17, 15) is 0 Å². The van der Waals surface area contributed by atoms with E-state index in [4.69, 9.17) is 23.2 Å². The lowest BCUT2D eigenvalue weighted by molar-refractivity contribution is 0.763. The fourth-order valence-electron chi connectivity index (χ4n) is 1.95. The average molecular weight is 294 g/mol. The van der Waals surface area contributed by atoms with Crippen LogP contribution in [0.2, 0.25) is 10.0 Å². The van der Waals surface area contributed by atoms with Crippen molar-refractivity contribution in [3.63, 3.8) is 0 Å². The number of hydrogen-bond donors (Lipinski definition) is 1. The van der Waals surface area contributed by atoms with E-state index in [0.29, 0.717) is 10.0 Å². The minimum Gasteiger partial charge on any atom is -0.384 e. The highest BCUT2D eigenvalue weighted by Crippen LogP contribution is 2.25. The van der Waals surface area contributed by atoms with Crippen LogP contribution in [0.25, 0.3) is 0 Å². The molecular formula is C16H17Cl2N. The standard InChI is InChI=1S/C16H17Cl2N/c17-14-9-10-15(18)16(12-14)19-11-5-4-8-13-6-2-1-3-7-13/h1-3,6-7,9-10,12,19H,4-5,8,11H2. The van der Waals surface area contributed by atoms with Gasteiger partial charge in [-0.3, -0.25) is 0 Å². The van der Waals surface area contributed by atoms with Crippen molar-refractivity contribution in [3.8, 4) is 0 Å². The van der Waals surface area contributed by atoms with Crippen LogP contribution in [0, 0.1) is 0 Å². The topological polar surface area (TPSA) is 12.0 Å². The Morgan fingerprint density at radius 1 is 0.895 bits per heavy atom. The van der Waals surface area contributed by atoms with Gasteiger partial charge >= 0.3 is 0 Å². The molecule has 0 atom stereocenters. The van der Waals surface area contributed by atoms with Crippen molar-refractivity contribution in [2.24, 2.45) is 0 Å². The minimum atomic E-state index is 0.705. The SMILES string of the molecule is Clc1ccc(Cl)c(NCCCCc2ccccc2)c1. The van der Waals surface area contributed by atoms with Crippen LogP contribution in [0.3, 0.4) is 0 Å². The Labute approximate surface area is 124 Å². The summed E-state index contributed by atoms with van der Waals surface area (Å²) in [5.74, 6) is 0. The Balaban J connectivity index is 1.71. The number of unbranched alkanes of at least 4 members (excludes halogenated alkanes) is 1. The van der Waals surface area contributed by atoms with Crippen LogP contribution in [0.4, 0.5) is 5.69 Å². The molecule has 100 valence electrons. The van der Waals surface area contributed by atoms with E-state index in [1.165, 1.54) is 5.56 Å². The zero-order valence-electron chi connectivity index (χ0n) is 10.7. The number of anilines is 1. The van der Waals surface area contributed by atoms with Crippen LogP contribution in [0.5, 0.6) is 0 Å². The Hall–Kier alpha value is -1.18. The van der Waals surface area contributed by atoms with Gasteiger partial charge in [0.2, 0.25) is 0 Å². The largest absolute Gasteiger partial charge is 0.384 e. The van der Waals surface area contributed by atoms with Gasteiger partial charge < -0.3 is 5.32 Å². The summed E-state index contributed by atoms with van der Waals surface area (Å²) in [6.07, 6.45) is 3.39. The molecule has 0 aliphatic rings. The molecule has 0 aliphatic heterocycles. The van der Waals surface area contributed by atoms with Crippen LogP contribution < -0.4 is 5.32 Å². The Bertz CT molecular complexity index is 511. The smallest absolute Gasteiger partial charge is 0.0638 e. The van der Waals surface area contributed by atoms with Gasteiger partial charge in [0.15, 0.2) is 0 Å². The molecule has 2 aromatic carbocycles. The first-order valence-electron chi connectivity index (χ1n) is 6.48. The maximum atomic E-state index is 6.08. The molecule has 0 aromatic heterocycles. The van der Waals surface area contributed by atoms with Crippen molar-refractivity contribution in [2.75, 3.05) is 11.9 Å². The lowest BCUT2D eigenvalue weighted by Gasteiger charge is -2.08. The fraction of sp³-hybridized carbons (Fsp3) is 0.250. The number of aryl methyl sites for hydroxylation is 1. The molecule has 0 fully saturated rings. The van der Waals surface area contributed by atoms with Crippen LogP contribution in [0.15, 0.2) is 48.5 Å². The summed E-state index contributed by atoms with van der Waals surface area (Å²) in [5, 5.41) is 4.74. The summed E-state index contributed by atoms with van der Waals surface area (Å²) >= 11 is 12.0. The van der Waals surface area contributed by atoms with E-state index < -0.39 is 0 Å². The minimum absolute atomic E-state index is 0.705. The second-order valence-corrected chi connectivity index (χ2v) is 5.34. The molecule has 0 saturated heterocycles. The normalized spacial score (nSPS) is 10.4. The molecule has 1 nitrogen and oxygen atoms in total. The molecular weight excluding hydrogens is 277 g/mol. The van der Waals surface area contributed by atoms with Crippen molar-refractivity contribution in [1.82, 2.24) is 0 Å². The van der Waals surface area contributed by atoms with Crippen molar-refractivity contribution < 1.29 is 0 Å². The molecule has 0 heterocycles. The summed E-state index contributed by atoms with van der Waals surface area (Å²) in [6, 6.07) is 16.0. The highest BCUT2D eigenvalue weighted by atomic mass is 35.5. The highest BCUT2D eigenvalue weighted by molar-refractivity contribution is 6.35. The zero-order valence-corrected chi connectivity index (χ0v) is 12.2. The number of benzene rings is 2. The highest BCUT2D eigenvalue weighted by Gasteiger charge is 2.00.